The summed E-state index contributed by atoms with van der Waals surface area (Å²) in [5.41, 5.74) is 7.58. The van der Waals surface area contributed by atoms with Gasteiger partial charge in [0.1, 0.15) is 5.82 Å². The Kier molecular flexibility index (Phi) is 2.99. The first-order valence-corrected chi connectivity index (χ1v) is 6.47. The highest BCUT2D eigenvalue weighted by atomic mass is 19.1. The minimum Gasteiger partial charge on any atom is -0.318 e. The van der Waals surface area contributed by atoms with E-state index in [0.717, 1.165) is 21.9 Å². The summed E-state index contributed by atoms with van der Waals surface area (Å²) in [6, 6.07) is 14.3. The second kappa shape index (κ2) is 4.69. The molecular formula is C17H15FN2. The number of hydrogen-bond acceptors (Lipinski definition) is 2. The molecule has 0 aliphatic carbocycles. The van der Waals surface area contributed by atoms with Gasteiger partial charge in [0, 0.05) is 23.3 Å². The van der Waals surface area contributed by atoms with Gasteiger partial charge in [-0.3, -0.25) is 4.98 Å². The van der Waals surface area contributed by atoms with Crippen molar-refractivity contribution >= 4 is 10.8 Å². The molecule has 3 aromatic rings. The van der Waals surface area contributed by atoms with Gasteiger partial charge >= 0.3 is 0 Å². The molecule has 0 radical (unpaired) electrons. The van der Waals surface area contributed by atoms with Crippen molar-refractivity contribution in [3.8, 4) is 0 Å². The topological polar surface area (TPSA) is 38.9 Å². The van der Waals surface area contributed by atoms with Crippen molar-refractivity contribution in [2.45, 2.75) is 12.5 Å². The molecule has 2 nitrogen and oxygen atoms in total. The molecule has 0 fully saturated rings. The van der Waals surface area contributed by atoms with Gasteiger partial charge in [-0.25, -0.2) is 4.39 Å². The molecule has 1 heterocycles. The fraction of sp³-hybridized carbons (Fsp3) is 0.118. The maximum Gasteiger partial charge on any atom is 0.123 e. The SMILES string of the molecule is CC(N)(c1ccc(F)cc1)c1cncc2ccccc12. The molecule has 1 unspecified atom stereocenters. The standard InChI is InChI=1S/C17H15FN2/c1-17(19,13-6-8-14(18)9-7-13)16-11-20-10-12-4-2-3-5-15(12)16/h2-11H,19H2,1H3. The van der Waals surface area contributed by atoms with E-state index >= 15 is 0 Å². The molecule has 20 heavy (non-hydrogen) atoms. The number of fused-ring (bicyclic) bond motifs is 1. The van der Waals surface area contributed by atoms with E-state index in [1.807, 2.05) is 37.4 Å². The average Bonchev–Trinajstić information content (AvgIpc) is 2.47. The number of rotatable bonds is 2. The van der Waals surface area contributed by atoms with E-state index in [9.17, 15) is 4.39 Å². The first-order valence-electron chi connectivity index (χ1n) is 6.47. The molecule has 0 spiro atoms. The molecule has 100 valence electrons. The fourth-order valence-corrected chi connectivity index (χ4v) is 2.48. The Morgan fingerprint density at radius 3 is 2.45 bits per heavy atom. The lowest BCUT2D eigenvalue weighted by atomic mass is 9.84. The van der Waals surface area contributed by atoms with Crippen LogP contribution in [-0.4, -0.2) is 4.98 Å². The second-order valence-electron chi connectivity index (χ2n) is 5.12. The van der Waals surface area contributed by atoms with Crippen molar-refractivity contribution in [2.75, 3.05) is 0 Å². The Labute approximate surface area is 117 Å². The van der Waals surface area contributed by atoms with E-state index in [2.05, 4.69) is 4.98 Å². The van der Waals surface area contributed by atoms with E-state index in [1.54, 1.807) is 18.3 Å². The normalized spacial score (nSPS) is 14.2. The lowest BCUT2D eigenvalue weighted by Crippen LogP contribution is -2.34. The van der Waals surface area contributed by atoms with Crippen molar-refractivity contribution in [3.63, 3.8) is 0 Å². The Hall–Kier alpha value is -2.26. The second-order valence-corrected chi connectivity index (χ2v) is 5.12. The van der Waals surface area contributed by atoms with Gasteiger partial charge in [-0.1, -0.05) is 36.4 Å². The van der Waals surface area contributed by atoms with E-state index in [1.165, 1.54) is 12.1 Å². The van der Waals surface area contributed by atoms with Gasteiger partial charge in [0.2, 0.25) is 0 Å². The van der Waals surface area contributed by atoms with Crippen molar-refractivity contribution < 1.29 is 4.39 Å². The molecule has 1 atom stereocenters. The van der Waals surface area contributed by atoms with Gasteiger partial charge in [-0.2, -0.15) is 0 Å². The van der Waals surface area contributed by atoms with Crippen LogP contribution in [0.4, 0.5) is 4.39 Å². The molecule has 0 saturated heterocycles. The first kappa shape index (κ1) is 12.8. The summed E-state index contributed by atoms with van der Waals surface area (Å²) >= 11 is 0. The largest absolute Gasteiger partial charge is 0.318 e. The zero-order valence-electron chi connectivity index (χ0n) is 11.2. The predicted octanol–water partition coefficient (Wildman–Crippen LogP) is 3.60. The summed E-state index contributed by atoms with van der Waals surface area (Å²) in [4.78, 5) is 4.27. The highest BCUT2D eigenvalue weighted by Crippen LogP contribution is 2.31. The van der Waals surface area contributed by atoms with E-state index in [0.29, 0.717) is 0 Å². The lowest BCUT2D eigenvalue weighted by molar-refractivity contribution is 0.595. The summed E-state index contributed by atoms with van der Waals surface area (Å²) in [5.74, 6) is -0.263. The molecule has 2 N–H and O–H groups in total. The zero-order valence-corrected chi connectivity index (χ0v) is 11.2. The minimum atomic E-state index is -0.721. The van der Waals surface area contributed by atoms with Crippen LogP contribution in [0.2, 0.25) is 0 Å². The van der Waals surface area contributed by atoms with Crippen LogP contribution in [0.3, 0.4) is 0 Å². The quantitative estimate of drug-likeness (QED) is 0.769. The number of pyridine rings is 1. The van der Waals surface area contributed by atoms with Crippen LogP contribution in [0.15, 0.2) is 60.9 Å². The number of benzene rings is 2. The summed E-state index contributed by atoms with van der Waals surface area (Å²) in [6.45, 7) is 1.92. The molecule has 1 aromatic heterocycles. The molecule has 0 amide bonds. The molecule has 3 rings (SSSR count). The van der Waals surface area contributed by atoms with Crippen molar-refractivity contribution in [2.24, 2.45) is 5.73 Å². The third-order valence-electron chi connectivity index (χ3n) is 3.67. The molecule has 3 heteroatoms. The van der Waals surface area contributed by atoms with Gasteiger partial charge in [0.15, 0.2) is 0 Å². The van der Waals surface area contributed by atoms with Crippen molar-refractivity contribution in [1.29, 1.82) is 0 Å². The predicted molar refractivity (Wildman–Crippen MR) is 78.8 cm³/mol. The van der Waals surface area contributed by atoms with Crippen LogP contribution in [0.5, 0.6) is 0 Å². The molecule has 0 aliphatic rings. The Morgan fingerprint density at radius 1 is 1.00 bits per heavy atom. The maximum atomic E-state index is 13.1. The molecule has 0 saturated carbocycles. The number of nitrogens with two attached hydrogens (primary N) is 1. The number of aromatic nitrogens is 1. The Morgan fingerprint density at radius 2 is 1.70 bits per heavy atom. The van der Waals surface area contributed by atoms with Crippen LogP contribution in [0.25, 0.3) is 10.8 Å². The van der Waals surface area contributed by atoms with Gasteiger partial charge < -0.3 is 5.73 Å². The van der Waals surface area contributed by atoms with E-state index < -0.39 is 5.54 Å². The van der Waals surface area contributed by atoms with Crippen LogP contribution < -0.4 is 5.73 Å². The van der Waals surface area contributed by atoms with Gasteiger partial charge in [-0.05, 0) is 30.0 Å². The van der Waals surface area contributed by atoms with E-state index in [4.69, 9.17) is 5.73 Å². The molecule has 0 aliphatic heterocycles. The molecule has 0 bridgehead atoms. The smallest absolute Gasteiger partial charge is 0.123 e. The monoisotopic (exact) mass is 266 g/mol. The van der Waals surface area contributed by atoms with Gasteiger partial charge in [0.25, 0.3) is 0 Å². The van der Waals surface area contributed by atoms with Crippen LogP contribution in [0, 0.1) is 5.82 Å². The number of halogens is 1. The summed E-state index contributed by atoms with van der Waals surface area (Å²) in [7, 11) is 0. The third kappa shape index (κ3) is 2.06. The zero-order chi connectivity index (χ0) is 14.2. The maximum absolute atomic E-state index is 13.1. The number of nitrogens with zero attached hydrogens (tertiary/aromatic N) is 1. The molecular weight excluding hydrogens is 251 g/mol. The van der Waals surface area contributed by atoms with Crippen LogP contribution in [0.1, 0.15) is 18.1 Å². The first-order chi connectivity index (χ1) is 9.59. The molecule has 2 aromatic carbocycles. The summed E-state index contributed by atoms with van der Waals surface area (Å²) in [5, 5.41) is 2.11. The third-order valence-corrected chi connectivity index (χ3v) is 3.67. The van der Waals surface area contributed by atoms with Crippen LogP contribution in [-0.2, 0) is 5.54 Å². The van der Waals surface area contributed by atoms with Crippen molar-refractivity contribution in [1.82, 2.24) is 4.98 Å². The Bertz CT molecular complexity index is 743. The van der Waals surface area contributed by atoms with E-state index in [-0.39, 0.29) is 5.82 Å². The highest BCUT2D eigenvalue weighted by Gasteiger charge is 2.26. The summed E-state index contributed by atoms with van der Waals surface area (Å²) < 4.78 is 13.1. The lowest BCUT2D eigenvalue weighted by Gasteiger charge is -2.27. The number of hydrogen-bond donors (Lipinski definition) is 1. The van der Waals surface area contributed by atoms with Gasteiger partial charge in [-0.15, -0.1) is 0 Å². The Balaban J connectivity index is 2.20. The minimum absolute atomic E-state index is 0.263. The van der Waals surface area contributed by atoms with Crippen LogP contribution >= 0.6 is 0 Å². The fourth-order valence-electron chi connectivity index (χ4n) is 2.48. The highest BCUT2D eigenvalue weighted by molar-refractivity contribution is 5.86. The van der Waals surface area contributed by atoms with Gasteiger partial charge in [0.05, 0.1) is 5.54 Å². The van der Waals surface area contributed by atoms with Crippen molar-refractivity contribution in [3.05, 3.63) is 77.9 Å². The average molecular weight is 266 g/mol. The summed E-state index contributed by atoms with van der Waals surface area (Å²) in [6.07, 6.45) is 3.60.